The lowest BCUT2D eigenvalue weighted by Crippen LogP contribution is -2.42. The van der Waals surface area contributed by atoms with Gasteiger partial charge in [-0.05, 0) is 86.2 Å². The van der Waals surface area contributed by atoms with Crippen molar-refractivity contribution in [2.45, 2.75) is 62.6 Å². The first-order valence-corrected chi connectivity index (χ1v) is 12.5. The molecule has 0 spiro atoms. The molecule has 176 valence electrons. The Balaban J connectivity index is 1.22. The summed E-state index contributed by atoms with van der Waals surface area (Å²) in [5, 5.41) is 3.42. The van der Waals surface area contributed by atoms with Crippen LogP contribution in [0.3, 0.4) is 0 Å². The van der Waals surface area contributed by atoms with E-state index in [-0.39, 0.29) is 17.7 Å². The molecular formula is C28H34F2N2O. The fourth-order valence-corrected chi connectivity index (χ4v) is 6.24. The van der Waals surface area contributed by atoms with Crippen molar-refractivity contribution in [1.29, 1.82) is 0 Å². The number of benzene rings is 2. The highest BCUT2D eigenvalue weighted by atomic mass is 19.1. The summed E-state index contributed by atoms with van der Waals surface area (Å²) < 4.78 is 29.9. The number of rotatable bonds is 6. The average molecular weight is 453 g/mol. The predicted octanol–water partition coefficient (Wildman–Crippen LogP) is 5.14. The molecule has 1 N–H and O–H groups in total. The van der Waals surface area contributed by atoms with Crippen molar-refractivity contribution >= 4 is 6.29 Å². The zero-order chi connectivity index (χ0) is 22.8. The van der Waals surface area contributed by atoms with Crippen LogP contribution in [0.25, 0.3) is 0 Å². The summed E-state index contributed by atoms with van der Waals surface area (Å²) in [4.78, 5) is 14.2. The zero-order valence-electron chi connectivity index (χ0n) is 19.2. The van der Waals surface area contributed by atoms with Gasteiger partial charge in [-0.25, -0.2) is 8.78 Å². The lowest BCUT2D eigenvalue weighted by atomic mass is 9.79. The molecule has 2 heterocycles. The molecule has 0 amide bonds. The number of carbonyl (C=O) groups excluding carboxylic acids is 1. The first-order chi connectivity index (χ1) is 16.0. The molecule has 2 saturated heterocycles. The van der Waals surface area contributed by atoms with E-state index in [1.165, 1.54) is 17.2 Å². The van der Waals surface area contributed by atoms with Crippen LogP contribution in [0.1, 0.15) is 66.2 Å². The Hall–Kier alpha value is -2.11. The second kappa shape index (κ2) is 9.63. The Bertz CT molecular complexity index is 980. The van der Waals surface area contributed by atoms with E-state index in [9.17, 15) is 9.18 Å². The first kappa shape index (κ1) is 22.7. The molecule has 2 aromatic rings. The fraction of sp³-hybridized carbons (Fsp3) is 0.536. The van der Waals surface area contributed by atoms with E-state index in [1.807, 2.05) is 6.07 Å². The molecule has 3 nitrogen and oxygen atoms in total. The van der Waals surface area contributed by atoms with Gasteiger partial charge in [0.2, 0.25) is 0 Å². The van der Waals surface area contributed by atoms with Gasteiger partial charge in [-0.3, -0.25) is 4.90 Å². The van der Waals surface area contributed by atoms with Gasteiger partial charge in [-0.15, -0.1) is 0 Å². The van der Waals surface area contributed by atoms with Crippen LogP contribution < -0.4 is 5.32 Å². The standard InChI is InChI=1S/C28H34F2N2O/c29-27-4-2-1-3-22(27)18-32-13-9-28(30,10-14-32)17-24-16-23-15-21(20-7-11-31-12-8-20)5-6-25(23)26(24)19-33/h1-6,15,19-20,24,26,31H,7-14,16-18H2. The van der Waals surface area contributed by atoms with Gasteiger partial charge in [-0.2, -0.15) is 0 Å². The predicted molar refractivity (Wildman–Crippen MR) is 127 cm³/mol. The third kappa shape index (κ3) is 4.90. The van der Waals surface area contributed by atoms with E-state index < -0.39 is 5.67 Å². The molecule has 0 radical (unpaired) electrons. The minimum atomic E-state index is -1.25. The highest BCUT2D eigenvalue weighted by Crippen LogP contribution is 2.45. The molecule has 33 heavy (non-hydrogen) atoms. The minimum Gasteiger partial charge on any atom is -0.317 e. The van der Waals surface area contributed by atoms with Gasteiger partial charge < -0.3 is 10.1 Å². The molecule has 0 saturated carbocycles. The number of halogens is 2. The van der Waals surface area contributed by atoms with E-state index in [4.69, 9.17) is 0 Å². The molecule has 0 aromatic heterocycles. The van der Waals surface area contributed by atoms with Crippen LogP contribution in [0.5, 0.6) is 0 Å². The Morgan fingerprint density at radius 3 is 2.58 bits per heavy atom. The van der Waals surface area contributed by atoms with Gasteiger partial charge in [-0.1, -0.05) is 36.4 Å². The fourth-order valence-electron chi connectivity index (χ4n) is 6.24. The molecule has 2 unspecified atom stereocenters. The van der Waals surface area contributed by atoms with Crippen LogP contribution in [-0.4, -0.2) is 43.0 Å². The first-order valence-electron chi connectivity index (χ1n) is 12.5. The lowest BCUT2D eigenvalue weighted by Gasteiger charge is -2.38. The molecule has 2 atom stereocenters. The molecule has 3 aliphatic rings. The molecule has 0 bridgehead atoms. The van der Waals surface area contributed by atoms with Crippen LogP contribution in [0.4, 0.5) is 8.78 Å². The second-order valence-electron chi connectivity index (χ2n) is 10.3. The number of hydrogen-bond donors (Lipinski definition) is 1. The van der Waals surface area contributed by atoms with E-state index in [1.54, 1.807) is 12.1 Å². The normalized spacial score (nSPS) is 25.6. The average Bonchev–Trinajstić information content (AvgIpc) is 3.18. The number of fused-ring (bicyclic) bond motifs is 1. The number of alkyl halides is 1. The number of aldehydes is 1. The summed E-state index contributed by atoms with van der Waals surface area (Å²) in [7, 11) is 0. The third-order valence-corrected chi connectivity index (χ3v) is 8.21. The minimum absolute atomic E-state index is 0.0314. The van der Waals surface area contributed by atoms with Crippen molar-refractivity contribution in [2.75, 3.05) is 26.2 Å². The summed E-state index contributed by atoms with van der Waals surface area (Å²) in [6.07, 6.45) is 5.45. The molecule has 5 heteroatoms. The van der Waals surface area contributed by atoms with E-state index in [0.717, 1.165) is 44.2 Å². The van der Waals surface area contributed by atoms with Crippen molar-refractivity contribution in [3.8, 4) is 0 Å². The smallest absolute Gasteiger partial charge is 0.127 e. The van der Waals surface area contributed by atoms with E-state index in [0.29, 0.717) is 50.4 Å². The van der Waals surface area contributed by atoms with Crippen LogP contribution in [0.2, 0.25) is 0 Å². The highest BCUT2D eigenvalue weighted by molar-refractivity contribution is 5.66. The van der Waals surface area contributed by atoms with Gasteiger partial charge in [0.05, 0.1) is 0 Å². The Kier molecular flexibility index (Phi) is 6.62. The van der Waals surface area contributed by atoms with E-state index >= 15 is 4.39 Å². The Morgan fingerprint density at radius 1 is 1.09 bits per heavy atom. The number of nitrogens with one attached hydrogen (secondary N) is 1. The Morgan fingerprint density at radius 2 is 1.85 bits per heavy atom. The summed E-state index contributed by atoms with van der Waals surface area (Å²) in [5.74, 6) is 0.211. The number of carbonyl (C=O) groups is 1. The lowest BCUT2D eigenvalue weighted by molar-refractivity contribution is -0.110. The molecule has 5 rings (SSSR count). The highest BCUT2D eigenvalue weighted by Gasteiger charge is 2.42. The molecule has 2 fully saturated rings. The number of likely N-dealkylation sites (tertiary alicyclic amines) is 1. The zero-order valence-corrected chi connectivity index (χ0v) is 19.2. The Labute approximate surface area is 195 Å². The van der Waals surface area contributed by atoms with Crippen molar-refractivity contribution in [1.82, 2.24) is 10.2 Å². The van der Waals surface area contributed by atoms with Crippen molar-refractivity contribution in [2.24, 2.45) is 5.92 Å². The third-order valence-electron chi connectivity index (χ3n) is 8.21. The van der Waals surface area contributed by atoms with Gasteiger partial charge in [0.15, 0.2) is 0 Å². The second-order valence-corrected chi connectivity index (χ2v) is 10.3. The van der Waals surface area contributed by atoms with Crippen LogP contribution >= 0.6 is 0 Å². The summed E-state index contributed by atoms with van der Waals surface area (Å²) in [5.41, 5.74) is 3.14. The molecular weight excluding hydrogens is 418 g/mol. The van der Waals surface area contributed by atoms with Crippen molar-refractivity contribution in [3.05, 3.63) is 70.5 Å². The molecule has 1 aliphatic carbocycles. The van der Waals surface area contributed by atoms with Gasteiger partial charge in [0.1, 0.15) is 17.8 Å². The monoisotopic (exact) mass is 452 g/mol. The van der Waals surface area contributed by atoms with Crippen LogP contribution in [-0.2, 0) is 17.8 Å². The maximum absolute atomic E-state index is 15.9. The van der Waals surface area contributed by atoms with Crippen LogP contribution in [0, 0.1) is 11.7 Å². The maximum Gasteiger partial charge on any atom is 0.127 e. The number of hydrogen-bond acceptors (Lipinski definition) is 3. The maximum atomic E-state index is 15.9. The van der Waals surface area contributed by atoms with Gasteiger partial charge in [0.25, 0.3) is 0 Å². The number of piperidine rings is 2. The summed E-state index contributed by atoms with van der Waals surface area (Å²) >= 11 is 0. The van der Waals surface area contributed by atoms with Crippen molar-refractivity contribution < 1.29 is 13.6 Å². The van der Waals surface area contributed by atoms with E-state index in [2.05, 4.69) is 28.4 Å². The van der Waals surface area contributed by atoms with Crippen molar-refractivity contribution in [3.63, 3.8) is 0 Å². The quantitative estimate of drug-likeness (QED) is 0.616. The number of nitrogens with zero attached hydrogens (tertiary/aromatic N) is 1. The van der Waals surface area contributed by atoms with Gasteiger partial charge in [0, 0.05) is 31.1 Å². The molecule has 2 aliphatic heterocycles. The topological polar surface area (TPSA) is 32.3 Å². The summed E-state index contributed by atoms with van der Waals surface area (Å²) in [6, 6.07) is 13.4. The van der Waals surface area contributed by atoms with Crippen LogP contribution in [0.15, 0.2) is 42.5 Å². The summed E-state index contributed by atoms with van der Waals surface area (Å²) in [6.45, 7) is 3.87. The SMILES string of the molecule is O=CC1c2ccc(C3CCNCC3)cc2CC1CC1(F)CCN(Cc2ccccc2F)CC1. The largest absolute Gasteiger partial charge is 0.317 e. The van der Waals surface area contributed by atoms with Gasteiger partial charge >= 0.3 is 0 Å². The molecule has 2 aromatic carbocycles.